The summed E-state index contributed by atoms with van der Waals surface area (Å²) in [7, 11) is 0. The van der Waals surface area contributed by atoms with Crippen LogP contribution in [-0.2, 0) is 4.79 Å². The predicted molar refractivity (Wildman–Crippen MR) is 56.8 cm³/mol. The molecular formula is C12H21NO. The molecule has 1 amide bonds. The van der Waals surface area contributed by atoms with Crippen LogP contribution in [0.1, 0.15) is 46.5 Å². The molecule has 0 heterocycles. The van der Waals surface area contributed by atoms with Crippen molar-refractivity contribution in [1.82, 2.24) is 5.32 Å². The number of fused-ring (bicyclic) bond motifs is 1. The Labute approximate surface area is 86.5 Å². The zero-order valence-electron chi connectivity index (χ0n) is 9.47. The van der Waals surface area contributed by atoms with Crippen LogP contribution in [0.25, 0.3) is 0 Å². The summed E-state index contributed by atoms with van der Waals surface area (Å²) in [6, 6.07) is 0. The zero-order valence-corrected chi connectivity index (χ0v) is 9.47. The maximum atomic E-state index is 11.9. The molecule has 2 aliphatic rings. The smallest absolute Gasteiger partial charge is 0.224 e. The number of hydrogen-bond donors (Lipinski definition) is 1. The van der Waals surface area contributed by atoms with Crippen molar-refractivity contribution < 1.29 is 4.79 Å². The van der Waals surface area contributed by atoms with Crippen LogP contribution in [0.5, 0.6) is 0 Å². The monoisotopic (exact) mass is 195 g/mol. The normalized spacial score (nSPS) is 36.1. The van der Waals surface area contributed by atoms with Gasteiger partial charge in [-0.25, -0.2) is 0 Å². The van der Waals surface area contributed by atoms with E-state index in [0.717, 1.165) is 11.8 Å². The highest BCUT2D eigenvalue weighted by Gasteiger charge is 2.54. The molecule has 0 bridgehead atoms. The highest BCUT2D eigenvalue weighted by atomic mass is 16.2. The van der Waals surface area contributed by atoms with Gasteiger partial charge in [0.1, 0.15) is 0 Å². The molecule has 14 heavy (non-hydrogen) atoms. The van der Waals surface area contributed by atoms with Gasteiger partial charge in [0.2, 0.25) is 5.91 Å². The summed E-state index contributed by atoms with van der Waals surface area (Å²) in [5, 5.41) is 3.10. The van der Waals surface area contributed by atoms with E-state index in [2.05, 4.69) is 26.1 Å². The van der Waals surface area contributed by atoms with Crippen molar-refractivity contribution in [2.24, 2.45) is 17.8 Å². The molecule has 2 fully saturated rings. The van der Waals surface area contributed by atoms with E-state index in [-0.39, 0.29) is 5.54 Å². The second-order valence-corrected chi connectivity index (χ2v) is 5.88. The molecular weight excluding hydrogens is 174 g/mol. The Kier molecular flexibility index (Phi) is 2.32. The highest BCUT2D eigenvalue weighted by Crippen LogP contribution is 2.55. The van der Waals surface area contributed by atoms with Gasteiger partial charge in [-0.15, -0.1) is 0 Å². The number of hydrogen-bond acceptors (Lipinski definition) is 1. The lowest BCUT2D eigenvalue weighted by Crippen LogP contribution is -2.41. The lowest BCUT2D eigenvalue weighted by molar-refractivity contribution is -0.124. The molecule has 2 nitrogen and oxygen atoms in total. The molecule has 1 N–H and O–H groups in total. The van der Waals surface area contributed by atoms with Crippen LogP contribution in [0.15, 0.2) is 0 Å². The van der Waals surface area contributed by atoms with E-state index in [1.807, 2.05) is 0 Å². The van der Waals surface area contributed by atoms with Gasteiger partial charge in [-0.05, 0) is 45.4 Å². The molecule has 0 unspecified atom stereocenters. The van der Waals surface area contributed by atoms with Gasteiger partial charge in [0.05, 0.1) is 0 Å². The first-order valence-electron chi connectivity index (χ1n) is 5.81. The third-order valence-electron chi connectivity index (χ3n) is 3.46. The van der Waals surface area contributed by atoms with E-state index in [9.17, 15) is 4.79 Å². The van der Waals surface area contributed by atoms with E-state index in [0.29, 0.717) is 11.8 Å². The van der Waals surface area contributed by atoms with Crippen molar-refractivity contribution in [3.63, 3.8) is 0 Å². The van der Waals surface area contributed by atoms with Crippen LogP contribution in [0, 0.1) is 17.8 Å². The van der Waals surface area contributed by atoms with Crippen molar-refractivity contribution >= 4 is 5.91 Å². The van der Waals surface area contributed by atoms with E-state index in [4.69, 9.17) is 0 Å². The first-order valence-corrected chi connectivity index (χ1v) is 5.81. The second-order valence-electron chi connectivity index (χ2n) is 5.88. The molecule has 0 aromatic carbocycles. The van der Waals surface area contributed by atoms with Gasteiger partial charge in [-0.2, -0.15) is 0 Å². The molecule has 0 saturated heterocycles. The number of carbonyl (C=O) groups excluding carboxylic acids is 1. The van der Waals surface area contributed by atoms with Crippen LogP contribution in [0.3, 0.4) is 0 Å². The largest absolute Gasteiger partial charge is 0.351 e. The lowest BCUT2D eigenvalue weighted by atomic mass is 10.0. The Morgan fingerprint density at radius 3 is 2.07 bits per heavy atom. The van der Waals surface area contributed by atoms with Crippen molar-refractivity contribution in [1.29, 1.82) is 0 Å². The quantitative estimate of drug-likeness (QED) is 0.683. The molecule has 0 spiro atoms. The molecule has 0 radical (unpaired) electrons. The van der Waals surface area contributed by atoms with Crippen molar-refractivity contribution in [2.75, 3.05) is 0 Å². The fourth-order valence-electron chi connectivity index (χ4n) is 2.83. The molecule has 0 aliphatic heterocycles. The maximum absolute atomic E-state index is 11.9. The fraction of sp³-hybridized carbons (Fsp3) is 0.917. The van der Waals surface area contributed by atoms with Crippen molar-refractivity contribution in [3.05, 3.63) is 0 Å². The number of carbonyl (C=O) groups is 1. The van der Waals surface area contributed by atoms with Gasteiger partial charge in [0.15, 0.2) is 0 Å². The van der Waals surface area contributed by atoms with Crippen molar-refractivity contribution in [2.45, 2.75) is 52.0 Å². The average molecular weight is 195 g/mol. The predicted octanol–water partition coefficient (Wildman–Crippen LogP) is 2.34. The minimum Gasteiger partial charge on any atom is -0.351 e. The summed E-state index contributed by atoms with van der Waals surface area (Å²) >= 11 is 0. The molecule has 2 rings (SSSR count). The van der Waals surface area contributed by atoms with Gasteiger partial charge >= 0.3 is 0 Å². The molecule has 2 heteroatoms. The summed E-state index contributed by atoms with van der Waals surface area (Å²) in [5.74, 6) is 2.11. The molecule has 2 saturated carbocycles. The Morgan fingerprint density at radius 1 is 1.14 bits per heavy atom. The van der Waals surface area contributed by atoms with Crippen LogP contribution in [0.2, 0.25) is 0 Å². The Bertz CT molecular complexity index is 229. The Balaban J connectivity index is 1.88. The molecule has 80 valence electrons. The van der Waals surface area contributed by atoms with E-state index >= 15 is 0 Å². The number of nitrogens with one attached hydrogen (secondary N) is 1. The van der Waals surface area contributed by atoms with E-state index < -0.39 is 0 Å². The second kappa shape index (κ2) is 3.25. The SMILES string of the molecule is CC(C)(C)NC(=O)C1[C@H]2CCCC[C@H]12. The van der Waals surface area contributed by atoms with Crippen LogP contribution >= 0.6 is 0 Å². The minimum absolute atomic E-state index is 0.0666. The minimum atomic E-state index is -0.0666. The zero-order chi connectivity index (χ0) is 10.3. The molecule has 0 aromatic heterocycles. The maximum Gasteiger partial charge on any atom is 0.224 e. The van der Waals surface area contributed by atoms with Gasteiger partial charge in [0, 0.05) is 11.5 Å². The van der Waals surface area contributed by atoms with E-state index in [1.54, 1.807) is 0 Å². The van der Waals surface area contributed by atoms with Crippen LogP contribution < -0.4 is 5.32 Å². The Hall–Kier alpha value is -0.530. The standard InChI is InChI=1S/C12H21NO/c1-12(2,3)13-11(14)10-8-6-4-5-7-9(8)10/h8-10H,4-7H2,1-3H3,(H,13,14)/t8-,9-/m0/s1. The van der Waals surface area contributed by atoms with Crippen LogP contribution in [-0.4, -0.2) is 11.4 Å². The number of rotatable bonds is 1. The summed E-state index contributed by atoms with van der Waals surface area (Å²) in [4.78, 5) is 11.9. The topological polar surface area (TPSA) is 29.1 Å². The summed E-state index contributed by atoms with van der Waals surface area (Å²) < 4.78 is 0. The van der Waals surface area contributed by atoms with Gasteiger partial charge in [0.25, 0.3) is 0 Å². The van der Waals surface area contributed by atoms with Gasteiger partial charge in [-0.1, -0.05) is 12.8 Å². The Morgan fingerprint density at radius 2 is 1.64 bits per heavy atom. The highest BCUT2D eigenvalue weighted by molar-refractivity contribution is 5.82. The van der Waals surface area contributed by atoms with Crippen LogP contribution in [0.4, 0.5) is 0 Å². The summed E-state index contributed by atoms with van der Waals surface area (Å²) in [6.45, 7) is 6.16. The molecule has 0 aromatic rings. The third-order valence-corrected chi connectivity index (χ3v) is 3.46. The number of amides is 1. The summed E-state index contributed by atoms with van der Waals surface area (Å²) in [6.07, 6.45) is 5.24. The molecule has 2 atom stereocenters. The van der Waals surface area contributed by atoms with Gasteiger partial charge < -0.3 is 5.32 Å². The first-order chi connectivity index (χ1) is 6.49. The fourth-order valence-corrected chi connectivity index (χ4v) is 2.83. The third kappa shape index (κ3) is 1.94. The van der Waals surface area contributed by atoms with Gasteiger partial charge in [-0.3, -0.25) is 4.79 Å². The molecule has 2 aliphatic carbocycles. The van der Waals surface area contributed by atoms with E-state index in [1.165, 1.54) is 25.7 Å². The van der Waals surface area contributed by atoms with Crippen molar-refractivity contribution in [3.8, 4) is 0 Å². The average Bonchev–Trinajstić information content (AvgIpc) is 2.73. The summed E-state index contributed by atoms with van der Waals surface area (Å²) in [5.41, 5.74) is -0.0666. The first kappa shape index (κ1) is 10.0. The lowest BCUT2D eigenvalue weighted by Gasteiger charge is -2.20.